The van der Waals surface area contributed by atoms with Crippen LogP contribution in [-0.2, 0) is 13.1 Å². The van der Waals surface area contributed by atoms with Gasteiger partial charge in [-0.2, -0.15) is 10.1 Å². The van der Waals surface area contributed by atoms with Gasteiger partial charge in [0.2, 0.25) is 0 Å². The minimum atomic E-state index is -2.52. The molecule has 0 unspecified atom stereocenters. The Hall–Kier alpha value is -3.92. The molecule has 0 aliphatic carbocycles. The van der Waals surface area contributed by atoms with Crippen LogP contribution in [0, 0.1) is 0 Å². The quantitative estimate of drug-likeness (QED) is 0.376. The van der Waals surface area contributed by atoms with E-state index in [9.17, 15) is 13.9 Å². The Kier molecular flexibility index (Phi) is 5.45. The standard InChI is InChI=1S/C24H22F2N6O2/c1-24(2,33)14-31-22-17(5-3-12-28-22)29-23(31)34-16-9-7-15(8-10-16)20-21-18(6-4-11-27-21)32(30-20)13-19(25)26/h3-12,19,33H,13-14H2,1-2H3. The number of nitrogens with zero attached hydrogens (tertiary/aromatic N) is 6. The number of hydrogen-bond donors (Lipinski definition) is 1. The largest absolute Gasteiger partial charge is 0.425 e. The first-order valence-corrected chi connectivity index (χ1v) is 10.7. The Morgan fingerprint density at radius 3 is 2.50 bits per heavy atom. The number of alkyl halides is 2. The van der Waals surface area contributed by atoms with E-state index in [2.05, 4.69) is 20.1 Å². The Morgan fingerprint density at radius 1 is 1.03 bits per heavy atom. The monoisotopic (exact) mass is 464 g/mol. The number of aliphatic hydroxyl groups is 1. The lowest BCUT2D eigenvalue weighted by atomic mass is 10.1. The SMILES string of the molecule is CC(C)(O)Cn1c(Oc2ccc(-c3nn(CC(F)F)c4cccnc34)cc2)nc2cccnc21. The van der Waals surface area contributed by atoms with Crippen LogP contribution in [0.1, 0.15) is 13.8 Å². The van der Waals surface area contributed by atoms with E-state index in [4.69, 9.17) is 4.74 Å². The fraction of sp³-hybridized carbons (Fsp3) is 0.250. The normalized spacial score (nSPS) is 12.2. The summed E-state index contributed by atoms with van der Waals surface area (Å²) in [6, 6.07) is 14.4. The topological polar surface area (TPSA) is 90.9 Å². The highest BCUT2D eigenvalue weighted by atomic mass is 19.3. The molecule has 5 aromatic rings. The number of fused-ring (bicyclic) bond motifs is 2. The van der Waals surface area contributed by atoms with Crippen molar-refractivity contribution in [2.24, 2.45) is 0 Å². The second kappa shape index (κ2) is 8.45. The van der Waals surface area contributed by atoms with Crippen LogP contribution in [0.3, 0.4) is 0 Å². The molecule has 0 saturated heterocycles. The number of rotatable bonds is 7. The molecule has 0 amide bonds. The van der Waals surface area contributed by atoms with E-state index in [0.29, 0.717) is 39.7 Å². The molecule has 1 aromatic carbocycles. The van der Waals surface area contributed by atoms with Gasteiger partial charge in [-0.15, -0.1) is 0 Å². The van der Waals surface area contributed by atoms with Crippen molar-refractivity contribution in [3.8, 4) is 23.0 Å². The average molecular weight is 464 g/mol. The molecule has 0 saturated carbocycles. The summed E-state index contributed by atoms with van der Waals surface area (Å²) >= 11 is 0. The molecule has 5 rings (SSSR count). The molecular weight excluding hydrogens is 442 g/mol. The fourth-order valence-corrected chi connectivity index (χ4v) is 3.81. The van der Waals surface area contributed by atoms with Crippen LogP contribution in [0.25, 0.3) is 33.5 Å². The first kappa shape index (κ1) is 21.9. The maximum Gasteiger partial charge on any atom is 0.304 e. The summed E-state index contributed by atoms with van der Waals surface area (Å²) in [5.41, 5.74) is 2.59. The van der Waals surface area contributed by atoms with E-state index >= 15 is 0 Å². The van der Waals surface area contributed by atoms with Crippen molar-refractivity contribution in [3.05, 3.63) is 60.9 Å². The highest BCUT2D eigenvalue weighted by Crippen LogP contribution is 2.31. The Labute approximate surface area is 193 Å². The van der Waals surface area contributed by atoms with Crippen LogP contribution in [0.15, 0.2) is 60.9 Å². The zero-order chi connectivity index (χ0) is 23.9. The van der Waals surface area contributed by atoms with Crippen LogP contribution in [-0.4, -0.2) is 46.4 Å². The summed E-state index contributed by atoms with van der Waals surface area (Å²) in [4.78, 5) is 13.2. The summed E-state index contributed by atoms with van der Waals surface area (Å²) < 4.78 is 35.1. The molecule has 0 fully saturated rings. The lowest BCUT2D eigenvalue weighted by Crippen LogP contribution is -2.26. The highest BCUT2D eigenvalue weighted by Gasteiger charge is 2.21. The maximum absolute atomic E-state index is 13.0. The number of aromatic nitrogens is 6. The van der Waals surface area contributed by atoms with Gasteiger partial charge in [0.15, 0.2) is 5.65 Å². The molecule has 10 heteroatoms. The third-order valence-electron chi connectivity index (χ3n) is 5.17. The van der Waals surface area contributed by atoms with Crippen molar-refractivity contribution in [2.75, 3.05) is 0 Å². The lowest BCUT2D eigenvalue weighted by Gasteiger charge is -2.19. The van der Waals surface area contributed by atoms with Gasteiger partial charge in [0.05, 0.1) is 17.7 Å². The number of ether oxygens (including phenoxy) is 1. The van der Waals surface area contributed by atoms with E-state index in [1.165, 1.54) is 4.68 Å². The summed E-state index contributed by atoms with van der Waals surface area (Å²) in [5.74, 6) is 0.514. The van der Waals surface area contributed by atoms with Crippen molar-refractivity contribution in [1.29, 1.82) is 0 Å². The van der Waals surface area contributed by atoms with Gasteiger partial charge in [-0.3, -0.25) is 14.2 Å². The fourth-order valence-electron chi connectivity index (χ4n) is 3.81. The molecule has 0 aliphatic heterocycles. The Morgan fingerprint density at radius 2 is 1.76 bits per heavy atom. The summed E-state index contributed by atoms with van der Waals surface area (Å²) in [7, 11) is 0. The predicted octanol–water partition coefficient (Wildman–Crippen LogP) is 4.67. The molecule has 4 aromatic heterocycles. The molecular formula is C24H22F2N6O2. The number of hydrogen-bond acceptors (Lipinski definition) is 6. The van der Waals surface area contributed by atoms with Gasteiger partial charge in [0, 0.05) is 18.0 Å². The van der Waals surface area contributed by atoms with E-state index in [-0.39, 0.29) is 6.54 Å². The van der Waals surface area contributed by atoms with Crippen molar-refractivity contribution in [2.45, 2.75) is 39.0 Å². The van der Waals surface area contributed by atoms with Crippen LogP contribution in [0.5, 0.6) is 11.8 Å². The molecule has 0 atom stereocenters. The van der Waals surface area contributed by atoms with Crippen LogP contribution >= 0.6 is 0 Å². The molecule has 1 N–H and O–H groups in total. The highest BCUT2D eigenvalue weighted by molar-refractivity contribution is 5.89. The van der Waals surface area contributed by atoms with Gasteiger partial charge in [-0.25, -0.2) is 13.8 Å². The smallest absolute Gasteiger partial charge is 0.304 e. The molecule has 174 valence electrons. The van der Waals surface area contributed by atoms with Gasteiger partial charge >= 0.3 is 6.01 Å². The summed E-state index contributed by atoms with van der Waals surface area (Å²) in [6.45, 7) is 3.14. The summed E-state index contributed by atoms with van der Waals surface area (Å²) in [6.07, 6.45) is 0.748. The molecule has 0 aliphatic rings. The van der Waals surface area contributed by atoms with Crippen molar-refractivity contribution < 1.29 is 18.6 Å². The van der Waals surface area contributed by atoms with E-state index in [1.807, 2.05) is 6.07 Å². The van der Waals surface area contributed by atoms with E-state index in [1.54, 1.807) is 73.3 Å². The van der Waals surface area contributed by atoms with Gasteiger partial charge in [-0.1, -0.05) is 0 Å². The average Bonchev–Trinajstić information content (AvgIpc) is 3.32. The van der Waals surface area contributed by atoms with Gasteiger partial charge in [0.1, 0.15) is 29.0 Å². The molecule has 8 nitrogen and oxygen atoms in total. The van der Waals surface area contributed by atoms with Crippen LogP contribution in [0.4, 0.5) is 8.78 Å². The molecule has 34 heavy (non-hydrogen) atoms. The first-order chi connectivity index (χ1) is 16.3. The third-order valence-corrected chi connectivity index (χ3v) is 5.17. The zero-order valence-electron chi connectivity index (χ0n) is 18.6. The second-order valence-corrected chi connectivity index (χ2v) is 8.56. The first-order valence-electron chi connectivity index (χ1n) is 10.7. The van der Waals surface area contributed by atoms with E-state index < -0.39 is 18.6 Å². The van der Waals surface area contributed by atoms with Crippen LogP contribution < -0.4 is 4.74 Å². The molecule has 4 heterocycles. The molecule has 0 radical (unpaired) electrons. The zero-order valence-corrected chi connectivity index (χ0v) is 18.6. The maximum atomic E-state index is 13.0. The number of imidazole rings is 1. The summed E-state index contributed by atoms with van der Waals surface area (Å²) in [5, 5.41) is 14.7. The Balaban J connectivity index is 1.48. The van der Waals surface area contributed by atoms with E-state index in [0.717, 1.165) is 5.56 Å². The number of halogens is 2. The van der Waals surface area contributed by atoms with Gasteiger partial charge < -0.3 is 9.84 Å². The van der Waals surface area contributed by atoms with Gasteiger partial charge in [-0.05, 0) is 62.4 Å². The molecule has 0 spiro atoms. The van der Waals surface area contributed by atoms with Crippen molar-refractivity contribution in [3.63, 3.8) is 0 Å². The van der Waals surface area contributed by atoms with Gasteiger partial charge in [0.25, 0.3) is 6.43 Å². The van der Waals surface area contributed by atoms with Crippen molar-refractivity contribution in [1.82, 2.24) is 29.3 Å². The molecule has 0 bridgehead atoms. The van der Waals surface area contributed by atoms with Crippen LogP contribution in [0.2, 0.25) is 0 Å². The van der Waals surface area contributed by atoms with Crippen molar-refractivity contribution >= 4 is 22.2 Å². The lowest BCUT2D eigenvalue weighted by molar-refractivity contribution is 0.0604. The third kappa shape index (κ3) is 4.32. The Bertz CT molecular complexity index is 1450. The predicted molar refractivity (Wildman–Crippen MR) is 123 cm³/mol. The minimum Gasteiger partial charge on any atom is -0.425 e. The number of benzene rings is 1. The second-order valence-electron chi connectivity index (χ2n) is 8.56. The number of pyridine rings is 2. The minimum absolute atomic E-state index is 0.243.